The summed E-state index contributed by atoms with van der Waals surface area (Å²) in [7, 11) is 0. The highest BCUT2D eigenvalue weighted by molar-refractivity contribution is 6.33. The molecule has 0 saturated carbocycles. The van der Waals surface area contributed by atoms with Gasteiger partial charge in [0.15, 0.2) is 5.78 Å². The van der Waals surface area contributed by atoms with E-state index in [9.17, 15) is 14.4 Å². The smallest absolute Gasteiger partial charge is 0.332 e. The van der Waals surface area contributed by atoms with Crippen LogP contribution in [0.5, 0.6) is 0 Å². The molecule has 0 fully saturated rings. The Morgan fingerprint density at radius 2 is 1.95 bits per heavy atom. The largest absolute Gasteiger partial charge is 0.478 e. The summed E-state index contributed by atoms with van der Waals surface area (Å²) in [5, 5.41) is 21.6. The summed E-state index contributed by atoms with van der Waals surface area (Å²) >= 11 is 0. The Labute approximate surface area is 113 Å². The van der Waals surface area contributed by atoms with Crippen molar-refractivity contribution < 1.29 is 24.6 Å². The zero-order valence-corrected chi connectivity index (χ0v) is 10.1. The maximum absolute atomic E-state index is 12.0. The number of ketones is 1. The average Bonchev–Trinajstić information content (AvgIpc) is 2.54. The van der Waals surface area contributed by atoms with E-state index in [-0.39, 0.29) is 0 Å². The number of nitrogens with zero attached hydrogens (tertiary/aromatic N) is 1. The van der Waals surface area contributed by atoms with Gasteiger partial charge in [0.1, 0.15) is 0 Å². The second-order valence-corrected chi connectivity index (χ2v) is 4.04. The SMILES string of the molecule is O=C(O)/C=C(/C(=O)O)C1C(=O)C=NNc2ccccc21. The van der Waals surface area contributed by atoms with E-state index < -0.39 is 29.2 Å². The molecule has 0 amide bonds. The number of fused-ring (bicyclic) bond motifs is 1. The van der Waals surface area contributed by atoms with E-state index in [1.54, 1.807) is 24.3 Å². The Hall–Kier alpha value is -2.96. The van der Waals surface area contributed by atoms with Crippen molar-refractivity contribution in [2.45, 2.75) is 5.92 Å². The zero-order chi connectivity index (χ0) is 14.7. The van der Waals surface area contributed by atoms with Crippen molar-refractivity contribution in [3.05, 3.63) is 41.5 Å². The summed E-state index contributed by atoms with van der Waals surface area (Å²) < 4.78 is 0. The minimum absolute atomic E-state index is 0.366. The van der Waals surface area contributed by atoms with Gasteiger partial charge in [-0.05, 0) is 11.6 Å². The molecule has 1 aliphatic rings. The summed E-state index contributed by atoms with van der Waals surface area (Å²) in [4.78, 5) is 34.0. The van der Waals surface area contributed by atoms with Crippen LogP contribution in [0.3, 0.4) is 0 Å². The van der Waals surface area contributed by atoms with E-state index in [1.807, 2.05) is 0 Å². The lowest BCUT2D eigenvalue weighted by atomic mass is 9.86. The summed E-state index contributed by atoms with van der Waals surface area (Å²) in [6.07, 6.45) is 1.48. The molecule has 1 aromatic rings. The van der Waals surface area contributed by atoms with Gasteiger partial charge in [-0.15, -0.1) is 0 Å². The van der Waals surface area contributed by atoms with Gasteiger partial charge >= 0.3 is 11.9 Å². The first-order valence-electron chi connectivity index (χ1n) is 5.60. The molecule has 20 heavy (non-hydrogen) atoms. The van der Waals surface area contributed by atoms with Gasteiger partial charge < -0.3 is 10.2 Å². The summed E-state index contributed by atoms with van der Waals surface area (Å²) in [5.41, 5.74) is 2.93. The van der Waals surface area contributed by atoms with Gasteiger partial charge in [0.2, 0.25) is 0 Å². The van der Waals surface area contributed by atoms with Crippen LogP contribution < -0.4 is 5.43 Å². The number of aliphatic carboxylic acids is 2. The average molecular weight is 274 g/mol. The highest BCUT2D eigenvalue weighted by Gasteiger charge is 2.32. The second-order valence-electron chi connectivity index (χ2n) is 4.04. The van der Waals surface area contributed by atoms with Crippen LogP contribution in [-0.2, 0) is 14.4 Å². The lowest BCUT2D eigenvalue weighted by Gasteiger charge is -2.15. The maximum Gasteiger partial charge on any atom is 0.332 e. The van der Waals surface area contributed by atoms with Crippen molar-refractivity contribution in [1.82, 2.24) is 0 Å². The lowest BCUT2D eigenvalue weighted by Crippen LogP contribution is -2.21. The van der Waals surface area contributed by atoms with Crippen molar-refractivity contribution in [2.75, 3.05) is 5.43 Å². The topological polar surface area (TPSA) is 116 Å². The number of carbonyl (C=O) groups is 3. The van der Waals surface area contributed by atoms with Crippen LogP contribution in [0.15, 0.2) is 41.0 Å². The first-order chi connectivity index (χ1) is 9.50. The first-order valence-corrected chi connectivity index (χ1v) is 5.60. The molecule has 0 spiro atoms. The van der Waals surface area contributed by atoms with Gasteiger partial charge in [0, 0.05) is 6.08 Å². The zero-order valence-electron chi connectivity index (χ0n) is 10.1. The van der Waals surface area contributed by atoms with Gasteiger partial charge in [-0.3, -0.25) is 10.2 Å². The predicted octanol–water partition coefficient (Wildman–Crippen LogP) is 0.846. The standard InChI is InChI=1S/C13H10N2O5/c16-10-6-14-15-9-4-2-1-3-7(9)12(10)8(13(19)20)5-11(17)18/h1-6,12,15H,(H,17,18)(H,19,20)/b8-5+. The molecular formula is C13H10N2O5. The quantitative estimate of drug-likeness (QED) is 0.703. The van der Waals surface area contributed by atoms with Crippen molar-refractivity contribution in [2.24, 2.45) is 5.10 Å². The van der Waals surface area contributed by atoms with Crippen LogP contribution in [0.4, 0.5) is 5.69 Å². The van der Waals surface area contributed by atoms with Gasteiger partial charge in [-0.2, -0.15) is 5.10 Å². The fraction of sp³-hybridized carbons (Fsp3) is 0.0769. The Bertz CT molecular complexity index is 648. The second kappa shape index (κ2) is 5.35. The molecule has 0 aromatic heterocycles. The number of anilines is 1. The number of nitrogens with one attached hydrogen (secondary N) is 1. The Morgan fingerprint density at radius 1 is 1.25 bits per heavy atom. The van der Waals surface area contributed by atoms with Crippen LogP contribution >= 0.6 is 0 Å². The van der Waals surface area contributed by atoms with E-state index >= 15 is 0 Å². The van der Waals surface area contributed by atoms with Gasteiger partial charge in [0.05, 0.1) is 23.4 Å². The number of hydrogen-bond acceptors (Lipinski definition) is 5. The van der Waals surface area contributed by atoms with Crippen LogP contribution in [-0.4, -0.2) is 34.1 Å². The molecule has 0 radical (unpaired) electrons. The van der Waals surface area contributed by atoms with Crippen LogP contribution in [0.1, 0.15) is 11.5 Å². The first kappa shape index (κ1) is 13.5. The molecule has 0 aliphatic carbocycles. The molecule has 1 aromatic carbocycles. The number of carbonyl (C=O) groups excluding carboxylic acids is 1. The van der Waals surface area contributed by atoms with Crippen LogP contribution in [0.25, 0.3) is 0 Å². The molecule has 0 saturated heterocycles. The molecule has 7 heteroatoms. The highest BCUT2D eigenvalue weighted by atomic mass is 16.4. The summed E-state index contributed by atoms with van der Waals surface area (Å²) in [5.74, 6) is -4.70. The number of benzene rings is 1. The fourth-order valence-corrected chi connectivity index (χ4v) is 1.97. The number of hydrazone groups is 1. The minimum atomic E-state index is -1.46. The predicted molar refractivity (Wildman–Crippen MR) is 69.7 cm³/mol. The minimum Gasteiger partial charge on any atom is -0.478 e. The third kappa shape index (κ3) is 2.56. The third-order valence-corrected chi connectivity index (χ3v) is 2.77. The molecule has 102 valence electrons. The number of Topliss-reactive ketones (excluding diaryl/α,β-unsaturated/α-hetero) is 1. The van der Waals surface area contributed by atoms with Crippen molar-refractivity contribution in [3.63, 3.8) is 0 Å². The molecule has 0 bridgehead atoms. The van der Waals surface area contributed by atoms with Gasteiger partial charge in [-0.25, -0.2) is 9.59 Å². The lowest BCUT2D eigenvalue weighted by molar-refractivity contribution is -0.135. The number of carboxylic acids is 2. The Morgan fingerprint density at radius 3 is 2.60 bits per heavy atom. The Balaban J connectivity index is 2.63. The van der Waals surface area contributed by atoms with E-state index in [1.165, 1.54) is 0 Å². The monoisotopic (exact) mass is 274 g/mol. The van der Waals surface area contributed by atoms with Crippen molar-refractivity contribution in [1.29, 1.82) is 0 Å². The molecule has 1 heterocycles. The summed E-state index contributed by atoms with van der Waals surface area (Å²) in [6.45, 7) is 0. The molecule has 1 atom stereocenters. The number of para-hydroxylation sites is 1. The molecule has 7 nitrogen and oxygen atoms in total. The maximum atomic E-state index is 12.0. The van der Waals surface area contributed by atoms with Crippen LogP contribution in [0, 0.1) is 0 Å². The van der Waals surface area contributed by atoms with Gasteiger partial charge in [-0.1, -0.05) is 18.2 Å². The summed E-state index contributed by atoms with van der Waals surface area (Å²) in [6, 6.07) is 6.50. The molecular weight excluding hydrogens is 264 g/mol. The van der Waals surface area contributed by atoms with Crippen LogP contribution in [0.2, 0.25) is 0 Å². The van der Waals surface area contributed by atoms with Crippen molar-refractivity contribution >= 4 is 29.6 Å². The molecule has 1 unspecified atom stereocenters. The van der Waals surface area contributed by atoms with E-state index in [0.717, 1.165) is 6.21 Å². The highest BCUT2D eigenvalue weighted by Crippen LogP contribution is 2.32. The number of rotatable bonds is 3. The normalized spacial score (nSPS) is 17.9. The molecule has 2 rings (SSSR count). The van der Waals surface area contributed by atoms with E-state index in [2.05, 4.69) is 10.5 Å². The molecule has 1 aliphatic heterocycles. The fourth-order valence-electron chi connectivity index (χ4n) is 1.97. The molecule has 3 N–H and O–H groups in total. The number of carboxylic acid groups (broad SMARTS) is 2. The van der Waals surface area contributed by atoms with Gasteiger partial charge in [0.25, 0.3) is 0 Å². The van der Waals surface area contributed by atoms with E-state index in [0.29, 0.717) is 17.3 Å². The Kier molecular flexibility index (Phi) is 3.60. The number of hydrogen-bond donors (Lipinski definition) is 3. The van der Waals surface area contributed by atoms with Crippen molar-refractivity contribution in [3.8, 4) is 0 Å². The van der Waals surface area contributed by atoms with E-state index in [4.69, 9.17) is 10.2 Å². The third-order valence-electron chi connectivity index (χ3n) is 2.77.